The molecule has 0 saturated carbocycles. The number of aromatic nitrogens is 1. The van der Waals surface area contributed by atoms with Crippen LogP contribution in [0.25, 0.3) is 22.0 Å². The van der Waals surface area contributed by atoms with Crippen LogP contribution in [0.2, 0.25) is 0 Å². The van der Waals surface area contributed by atoms with Gasteiger partial charge in [0.15, 0.2) is 0 Å². The number of rotatable bonds is 5. The second-order valence-corrected chi connectivity index (χ2v) is 10.5. The molecule has 1 N–H and O–H groups in total. The molecule has 0 spiro atoms. The van der Waals surface area contributed by atoms with Crippen molar-refractivity contribution in [1.29, 1.82) is 0 Å². The zero-order valence-electron chi connectivity index (χ0n) is 18.5. The summed E-state index contributed by atoms with van der Waals surface area (Å²) in [5.41, 5.74) is 4.55. The fourth-order valence-corrected chi connectivity index (χ4v) is 7.13. The molecule has 0 aliphatic carbocycles. The number of hydrogen-bond donors (Lipinski definition) is 1. The van der Waals surface area contributed by atoms with Crippen LogP contribution in [0.4, 0.5) is 5.69 Å². The monoisotopic (exact) mass is 778 g/mol. The van der Waals surface area contributed by atoms with Gasteiger partial charge < -0.3 is 21.0 Å². The Kier molecular flexibility index (Phi) is 8.33. The summed E-state index contributed by atoms with van der Waals surface area (Å²) in [6, 6.07) is 20.3. The fourth-order valence-electron chi connectivity index (χ4n) is 4.46. The van der Waals surface area contributed by atoms with Gasteiger partial charge in [-0.05, 0) is 74.5 Å². The van der Waals surface area contributed by atoms with Crippen molar-refractivity contribution in [2.24, 2.45) is 0 Å². The summed E-state index contributed by atoms with van der Waals surface area (Å²) in [6.45, 7) is 2.28. The van der Waals surface area contributed by atoms with Crippen LogP contribution in [0, 0.1) is 13.6 Å². The number of aromatic carboxylic acids is 1. The second kappa shape index (κ2) is 11.1. The average Bonchev–Trinajstić information content (AvgIpc) is 3.36. The molecular formula is C27H21I2N2O3Rh-. The van der Waals surface area contributed by atoms with Gasteiger partial charge in [-0.15, -0.1) is 6.54 Å². The molecule has 1 aromatic heterocycles. The maximum Gasteiger partial charge on any atom is 0.341 e. The van der Waals surface area contributed by atoms with E-state index in [2.05, 4.69) is 92.9 Å². The van der Waals surface area contributed by atoms with Crippen LogP contribution >= 0.6 is 45.2 Å². The molecule has 1 radical (unpaired) electrons. The number of fused-ring (bicyclic) bond motifs is 1. The van der Waals surface area contributed by atoms with Gasteiger partial charge in [-0.25, -0.2) is 4.79 Å². The van der Waals surface area contributed by atoms with Crippen LogP contribution < -0.4 is 10.3 Å². The van der Waals surface area contributed by atoms with Crippen molar-refractivity contribution >= 4 is 67.7 Å². The Morgan fingerprint density at radius 3 is 2.34 bits per heavy atom. The Labute approximate surface area is 243 Å². The van der Waals surface area contributed by atoms with Gasteiger partial charge in [0.25, 0.3) is 0 Å². The fraction of sp³-hybridized carbons (Fsp3) is 0.148. The molecule has 1 fully saturated rings. The second-order valence-electron chi connectivity index (χ2n) is 8.31. The van der Waals surface area contributed by atoms with Gasteiger partial charge in [-0.1, -0.05) is 54.6 Å². The van der Waals surface area contributed by atoms with E-state index in [0.717, 1.165) is 54.5 Å². The molecule has 181 valence electrons. The summed E-state index contributed by atoms with van der Waals surface area (Å²) < 4.78 is 3.85. The van der Waals surface area contributed by atoms with Crippen LogP contribution in [0.3, 0.4) is 0 Å². The number of halogens is 2. The van der Waals surface area contributed by atoms with E-state index in [9.17, 15) is 14.7 Å². The minimum atomic E-state index is -1.21. The van der Waals surface area contributed by atoms with Gasteiger partial charge >= 0.3 is 5.97 Å². The van der Waals surface area contributed by atoms with Gasteiger partial charge in [0.1, 0.15) is 5.56 Å². The molecule has 5 nitrogen and oxygen atoms in total. The first-order valence-corrected chi connectivity index (χ1v) is 13.1. The van der Waals surface area contributed by atoms with E-state index in [4.69, 9.17) is 0 Å². The van der Waals surface area contributed by atoms with Crippen molar-refractivity contribution in [2.75, 3.05) is 18.0 Å². The van der Waals surface area contributed by atoms with Gasteiger partial charge in [0.05, 0.1) is 14.8 Å². The normalized spacial score (nSPS) is 13.1. The summed E-state index contributed by atoms with van der Waals surface area (Å²) in [7, 11) is 0. The molecule has 0 unspecified atom stereocenters. The third-order valence-corrected chi connectivity index (χ3v) is 7.99. The molecule has 0 bridgehead atoms. The third kappa shape index (κ3) is 5.20. The molecule has 8 heteroatoms. The Morgan fingerprint density at radius 1 is 1.03 bits per heavy atom. The average molecular weight is 778 g/mol. The first-order valence-electron chi connectivity index (χ1n) is 10.9. The first kappa shape index (κ1) is 26.3. The van der Waals surface area contributed by atoms with Gasteiger partial charge in [-0.3, -0.25) is 4.79 Å². The Bertz CT molecular complexity index is 1450. The van der Waals surface area contributed by atoms with Crippen molar-refractivity contribution < 1.29 is 29.4 Å². The van der Waals surface area contributed by atoms with E-state index >= 15 is 0 Å². The number of carboxylic acids is 1. The molecule has 3 aromatic carbocycles. The van der Waals surface area contributed by atoms with E-state index in [-0.39, 0.29) is 25.0 Å². The number of pyridine rings is 1. The van der Waals surface area contributed by atoms with Crippen molar-refractivity contribution in [3.8, 4) is 11.1 Å². The molecule has 2 heterocycles. The summed E-state index contributed by atoms with van der Waals surface area (Å²) in [5, 5.41) is 10.2. The van der Waals surface area contributed by atoms with E-state index in [1.807, 2.05) is 28.8 Å². The molecule has 0 amide bonds. The zero-order chi connectivity index (χ0) is 23.8. The van der Waals surface area contributed by atoms with Crippen molar-refractivity contribution in [1.82, 2.24) is 4.57 Å². The predicted molar refractivity (Wildman–Crippen MR) is 153 cm³/mol. The number of carbonyl (C=O) groups is 1. The van der Waals surface area contributed by atoms with E-state index in [0.29, 0.717) is 11.9 Å². The summed E-state index contributed by atoms with van der Waals surface area (Å²) >= 11 is 4.57. The van der Waals surface area contributed by atoms with Crippen LogP contribution in [-0.2, 0) is 26.0 Å². The zero-order valence-corrected chi connectivity index (χ0v) is 24.5. The number of anilines is 1. The van der Waals surface area contributed by atoms with Gasteiger partial charge in [-0.2, -0.15) is 6.42 Å². The Hall–Kier alpha value is -1.78. The minimum Gasteiger partial charge on any atom is -0.477 e. The molecule has 1 aliphatic heterocycles. The topological polar surface area (TPSA) is 62.5 Å². The largest absolute Gasteiger partial charge is 0.477 e. The standard InChI is InChI=1S/C27H21I2N2O3.Rh/c28-22-14-20-24(23(29)25(22)30-12-4-5-13-30)31(16-21(26(20)32)27(33)34)15-17-8-10-19(11-9-17)18-6-2-1-3-7-18;/h1-4,6-11,14,16H,5,12-13,15H2,(H,33,34);/q-1;. The molecule has 35 heavy (non-hydrogen) atoms. The maximum atomic E-state index is 13.1. The minimum absolute atomic E-state index is 0. The van der Waals surface area contributed by atoms with Crippen molar-refractivity contribution in [3.05, 3.63) is 102 Å². The van der Waals surface area contributed by atoms with E-state index in [1.54, 1.807) is 0 Å². The molecule has 1 saturated heterocycles. The third-order valence-electron chi connectivity index (χ3n) is 6.14. The molecule has 5 rings (SSSR count). The van der Waals surface area contributed by atoms with E-state index < -0.39 is 11.4 Å². The molecule has 1 aliphatic rings. The Morgan fingerprint density at radius 2 is 1.71 bits per heavy atom. The van der Waals surface area contributed by atoms with E-state index in [1.165, 1.54) is 6.20 Å². The Balaban J connectivity index is 0.00000289. The maximum absolute atomic E-state index is 13.1. The number of hydrogen-bond acceptors (Lipinski definition) is 3. The number of nitrogens with zero attached hydrogens (tertiary/aromatic N) is 2. The molecule has 0 atom stereocenters. The summed E-state index contributed by atoms with van der Waals surface area (Å²) in [6.07, 6.45) is 4.78. The van der Waals surface area contributed by atoms with Crippen molar-refractivity contribution in [2.45, 2.75) is 13.0 Å². The van der Waals surface area contributed by atoms with Gasteiger partial charge in [0, 0.05) is 41.2 Å². The van der Waals surface area contributed by atoms with Crippen LogP contribution in [0.1, 0.15) is 22.3 Å². The number of carboxylic acid groups (broad SMARTS) is 1. The first-order chi connectivity index (χ1) is 16.4. The quantitative estimate of drug-likeness (QED) is 0.153. The molecule has 4 aromatic rings. The summed E-state index contributed by atoms with van der Waals surface area (Å²) in [5.74, 6) is -1.21. The smallest absolute Gasteiger partial charge is 0.341 e. The number of benzene rings is 3. The van der Waals surface area contributed by atoms with Gasteiger partial charge in [0.2, 0.25) is 5.43 Å². The summed E-state index contributed by atoms with van der Waals surface area (Å²) in [4.78, 5) is 27.3. The van der Waals surface area contributed by atoms with Crippen LogP contribution in [0.5, 0.6) is 0 Å². The molecular weight excluding hydrogens is 757 g/mol. The van der Waals surface area contributed by atoms with Crippen molar-refractivity contribution in [3.63, 3.8) is 0 Å². The van der Waals surface area contributed by atoms with Crippen LogP contribution in [0.15, 0.2) is 71.7 Å². The van der Waals surface area contributed by atoms with Crippen LogP contribution in [-0.4, -0.2) is 28.7 Å². The SMILES string of the molecule is O=C(O)c1cn(Cc2ccc(-c3ccccc3)cc2)c2c(I)c(N3C[CH-]CC3)c(I)cc2c1=O.[Rh]. The predicted octanol–water partition coefficient (Wildman–Crippen LogP) is 6.04.